The fourth-order valence-electron chi connectivity index (χ4n) is 4.70. The summed E-state index contributed by atoms with van der Waals surface area (Å²) in [6.07, 6.45) is 13.3. The van der Waals surface area contributed by atoms with Crippen molar-refractivity contribution in [2.24, 2.45) is 23.7 Å². The largest absolute Gasteiger partial charge is 0.462 e. The fraction of sp³-hybridized carbons (Fsp3) is 0.542. The normalized spacial score (nSPS) is 27.6. The van der Waals surface area contributed by atoms with Gasteiger partial charge in [0.1, 0.15) is 0 Å². The first-order valence-corrected chi connectivity index (χ1v) is 10.6. The molecule has 0 radical (unpaired) electrons. The number of hydrogen-bond acceptors (Lipinski definition) is 3. The second-order valence-electron chi connectivity index (χ2n) is 8.22. The standard InChI is InChI=1S/C24H30F2O3/c1-3-15-28-20-13-14-21(23(26)22(20)25)29-24(27)19-11-9-18(10-12-19)17-7-5-16(4-2)6-8-17/h3-4,13-19H,2,5-12H2,1H3/b15-3+. The second-order valence-corrected chi connectivity index (χ2v) is 8.22. The molecule has 1 aromatic carbocycles. The van der Waals surface area contributed by atoms with Crippen LogP contribution in [0.3, 0.4) is 0 Å². The summed E-state index contributed by atoms with van der Waals surface area (Å²) in [6, 6.07) is 2.50. The van der Waals surface area contributed by atoms with Crippen LogP contribution in [0.2, 0.25) is 0 Å². The van der Waals surface area contributed by atoms with Gasteiger partial charge >= 0.3 is 5.97 Å². The molecule has 158 valence electrons. The van der Waals surface area contributed by atoms with Crippen molar-refractivity contribution in [2.45, 2.75) is 58.3 Å². The molecule has 29 heavy (non-hydrogen) atoms. The van der Waals surface area contributed by atoms with Gasteiger partial charge in [-0.3, -0.25) is 4.79 Å². The average Bonchev–Trinajstić information content (AvgIpc) is 2.76. The van der Waals surface area contributed by atoms with Gasteiger partial charge in [-0.05, 0) is 88.2 Å². The van der Waals surface area contributed by atoms with Crippen LogP contribution in [0.5, 0.6) is 11.5 Å². The summed E-state index contributed by atoms with van der Waals surface area (Å²) in [5.41, 5.74) is 0. The lowest BCUT2D eigenvalue weighted by molar-refractivity contribution is -0.140. The highest BCUT2D eigenvalue weighted by molar-refractivity contribution is 5.75. The molecule has 5 heteroatoms. The van der Waals surface area contributed by atoms with Crippen molar-refractivity contribution in [2.75, 3.05) is 0 Å². The molecule has 0 amide bonds. The van der Waals surface area contributed by atoms with Crippen LogP contribution >= 0.6 is 0 Å². The summed E-state index contributed by atoms with van der Waals surface area (Å²) in [7, 11) is 0. The van der Waals surface area contributed by atoms with E-state index in [9.17, 15) is 13.6 Å². The SMILES string of the molecule is C=CC1CCC(C2CCC(C(=O)Oc3ccc(O/C=C/C)c(F)c3F)CC2)CC1. The zero-order valence-corrected chi connectivity index (χ0v) is 17.0. The topological polar surface area (TPSA) is 35.5 Å². The van der Waals surface area contributed by atoms with E-state index in [-0.39, 0.29) is 17.4 Å². The Kier molecular flexibility index (Phi) is 7.45. The van der Waals surface area contributed by atoms with E-state index in [2.05, 4.69) is 12.7 Å². The van der Waals surface area contributed by atoms with E-state index in [1.807, 2.05) is 0 Å². The molecule has 2 fully saturated rings. The van der Waals surface area contributed by atoms with Crippen molar-refractivity contribution >= 4 is 5.97 Å². The molecule has 0 aromatic heterocycles. The number of carbonyl (C=O) groups excluding carboxylic acids is 1. The van der Waals surface area contributed by atoms with Crippen LogP contribution < -0.4 is 9.47 Å². The van der Waals surface area contributed by atoms with E-state index >= 15 is 0 Å². The number of ether oxygens (including phenoxy) is 2. The van der Waals surface area contributed by atoms with Crippen LogP contribution in [-0.2, 0) is 4.79 Å². The van der Waals surface area contributed by atoms with Gasteiger partial charge < -0.3 is 9.47 Å². The van der Waals surface area contributed by atoms with Gasteiger partial charge in [0.05, 0.1) is 12.2 Å². The highest BCUT2D eigenvalue weighted by Crippen LogP contribution is 2.42. The van der Waals surface area contributed by atoms with E-state index in [0.29, 0.717) is 11.8 Å². The molecule has 0 bridgehead atoms. The monoisotopic (exact) mass is 404 g/mol. The molecule has 2 aliphatic rings. The highest BCUT2D eigenvalue weighted by atomic mass is 19.2. The van der Waals surface area contributed by atoms with Crippen LogP contribution in [0.1, 0.15) is 58.3 Å². The molecule has 0 saturated heterocycles. The van der Waals surface area contributed by atoms with E-state index in [0.717, 1.165) is 31.6 Å². The summed E-state index contributed by atoms with van der Waals surface area (Å²) >= 11 is 0. The lowest BCUT2D eigenvalue weighted by Crippen LogP contribution is -2.30. The number of esters is 1. The van der Waals surface area contributed by atoms with E-state index in [4.69, 9.17) is 9.47 Å². The Morgan fingerprint density at radius 3 is 2.10 bits per heavy atom. The predicted molar refractivity (Wildman–Crippen MR) is 109 cm³/mol. The first-order chi connectivity index (χ1) is 14.0. The van der Waals surface area contributed by atoms with Crippen molar-refractivity contribution in [3.63, 3.8) is 0 Å². The number of carbonyl (C=O) groups is 1. The Balaban J connectivity index is 1.52. The van der Waals surface area contributed by atoms with E-state index < -0.39 is 17.6 Å². The maximum atomic E-state index is 14.2. The van der Waals surface area contributed by atoms with Crippen molar-refractivity contribution < 1.29 is 23.0 Å². The third kappa shape index (κ3) is 5.26. The maximum Gasteiger partial charge on any atom is 0.314 e. The van der Waals surface area contributed by atoms with Crippen molar-refractivity contribution in [1.82, 2.24) is 0 Å². The lowest BCUT2D eigenvalue weighted by atomic mass is 9.69. The Labute approximate surface area is 171 Å². The third-order valence-electron chi connectivity index (χ3n) is 6.47. The van der Waals surface area contributed by atoms with Gasteiger partial charge in [-0.25, -0.2) is 0 Å². The summed E-state index contributed by atoms with van der Waals surface area (Å²) in [5.74, 6) is -1.67. The van der Waals surface area contributed by atoms with Crippen molar-refractivity contribution in [3.05, 3.63) is 48.8 Å². The van der Waals surface area contributed by atoms with Gasteiger partial charge in [0.15, 0.2) is 11.5 Å². The minimum atomic E-state index is -1.20. The maximum absolute atomic E-state index is 14.2. The quantitative estimate of drug-likeness (QED) is 0.232. The summed E-state index contributed by atoms with van der Waals surface area (Å²) in [5, 5.41) is 0. The number of hydrogen-bond donors (Lipinski definition) is 0. The van der Waals surface area contributed by atoms with Crippen LogP contribution in [0.15, 0.2) is 37.1 Å². The molecular weight excluding hydrogens is 374 g/mol. The van der Waals surface area contributed by atoms with Crippen molar-refractivity contribution in [3.8, 4) is 11.5 Å². The highest BCUT2D eigenvalue weighted by Gasteiger charge is 2.33. The molecule has 1 aromatic rings. The predicted octanol–water partition coefficient (Wildman–Crippen LogP) is 6.58. The summed E-state index contributed by atoms with van der Waals surface area (Å²) in [4.78, 5) is 12.5. The Morgan fingerprint density at radius 2 is 1.52 bits per heavy atom. The molecule has 0 spiro atoms. The van der Waals surface area contributed by atoms with Crippen LogP contribution in [0, 0.1) is 35.3 Å². The van der Waals surface area contributed by atoms with E-state index in [1.165, 1.54) is 44.1 Å². The first-order valence-electron chi connectivity index (χ1n) is 10.6. The Hall–Kier alpha value is -2.17. The van der Waals surface area contributed by atoms with Gasteiger partial charge in [-0.1, -0.05) is 12.2 Å². The summed E-state index contributed by atoms with van der Waals surface area (Å²) < 4.78 is 38.5. The Morgan fingerprint density at radius 1 is 0.966 bits per heavy atom. The lowest BCUT2D eigenvalue weighted by Gasteiger charge is -2.36. The average molecular weight is 404 g/mol. The molecule has 0 aliphatic heterocycles. The molecule has 3 rings (SSSR count). The first kappa shape index (κ1) is 21.5. The number of allylic oxidation sites excluding steroid dienone is 2. The molecule has 3 nitrogen and oxygen atoms in total. The van der Waals surface area contributed by atoms with E-state index in [1.54, 1.807) is 13.0 Å². The number of halogens is 2. The second kappa shape index (κ2) is 10.0. The van der Waals surface area contributed by atoms with Crippen molar-refractivity contribution in [1.29, 1.82) is 0 Å². The molecule has 0 atom stereocenters. The van der Waals surface area contributed by atoms with Gasteiger partial charge in [-0.2, -0.15) is 8.78 Å². The smallest absolute Gasteiger partial charge is 0.314 e. The van der Waals surface area contributed by atoms with Gasteiger partial charge in [0.25, 0.3) is 0 Å². The fourth-order valence-corrected chi connectivity index (χ4v) is 4.70. The molecule has 0 unspecified atom stereocenters. The Bertz CT molecular complexity index is 743. The number of rotatable bonds is 6. The number of benzene rings is 1. The molecule has 0 heterocycles. The van der Waals surface area contributed by atoms with Gasteiger partial charge in [0, 0.05) is 0 Å². The third-order valence-corrected chi connectivity index (χ3v) is 6.47. The molecule has 2 aliphatic carbocycles. The minimum absolute atomic E-state index is 0.243. The summed E-state index contributed by atoms with van der Waals surface area (Å²) in [6.45, 7) is 5.60. The minimum Gasteiger partial charge on any atom is -0.462 e. The molecule has 2 saturated carbocycles. The molecule has 0 N–H and O–H groups in total. The van der Waals surface area contributed by atoms with Gasteiger partial charge in [-0.15, -0.1) is 6.58 Å². The van der Waals surface area contributed by atoms with Crippen LogP contribution in [0.4, 0.5) is 8.78 Å². The van der Waals surface area contributed by atoms with Crippen LogP contribution in [-0.4, -0.2) is 5.97 Å². The zero-order valence-electron chi connectivity index (χ0n) is 17.0. The van der Waals surface area contributed by atoms with Gasteiger partial charge in [0.2, 0.25) is 11.6 Å². The molecular formula is C24H30F2O3. The zero-order chi connectivity index (χ0) is 20.8. The van der Waals surface area contributed by atoms with Crippen LogP contribution in [0.25, 0.3) is 0 Å².